The summed E-state index contributed by atoms with van der Waals surface area (Å²) >= 11 is 0. The van der Waals surface area contributed by atoms with Crippen LogP contribution in [-0.4, -0.2) is 24.5 Å². The normalized spacial score (nSPS) is 22.1. The maximum atomic E-state index is 8.51. The molecule has 0 bridgehead atoms. The van der Waals surface area contributed by atoms with E-state index in [4.69, 9.17) is 5.26 Å². The Hall–Kier alpha value is -0.810. The molecule has 78 valence electrons. The molecule has 0 radical (unpaired) electrons. The summed E-state index contributed by atoms with van der Waals surface area (Å²) in [6.07, 6.45) is 7.94. The Morgan fingerprint density at radius 3 is 2.64 bits per heavy atom. The second-order valence-corrected chi connectivity index (χ2v) is 4.07. The van der Waals surface area contributed by atoms with Gasteiger partial charge in [0.2, 0.25) is 0 Å². The summed E-state index contributed by atoms with van der Waals surface area (Å²) in [5, 5.41) is 8.51. The van der Waals surface area contributed by atoms with Crippen molar-refractivity contribution in [3.8, 4) is 6.07 Å². The van der Waals surface area contributed by atoms with Crippen LogP contribution in [0.5, 0.6) is 0 Å². The minimum atomic E-state index is 0.656. The van der Waals surface area contributed by atoms with E-state index >= 15 is 0 Å². The Morgan fingerprint density at radius 1 is 1.50 bits per heavy atom. The molecule has 1 aliphatic rings. The highest BCUT2D eigenvalue weighted by Crippen LogP contribution is 2.26. The van der Waals surface area contributed by atoms with E-state index in [0.29, 0.717) is 12.5 Å². The highest BCUT2D eigenvalue weighted by atomic mass is 15.1. The fourth-order valence-corrected chi connectivity index (χ4v) is 2.11. The van der Waals surface area contributed by atoms with E-state index in [1.807, 2.05) is 0 Å². The van der Waals surface area contributed by atoms with Gasteiger partial charge in [-0.1, -0.05) is 11.6 Å². The van der Waals surface area contributed by atoms with Gasteiger partial charge in [-0.25, -0.2) is 0 Å². The van der Waals surface area contributed by atoms with Gasteiger partial charge in [-0.3, -0.25) is 0 Å². The zero-order chi connectivity index (χ0) is 10.4. The van der Waals surface area contributed by atoms with Crippen LogP contribution in [0.15, 0.2) is 11.6 Å². The molecule has 0 aromatic rings. The fourth-order valence-electron chi connectivity index (χ4n) is 2.11. The summed E-state index contributed by atoms with van der Waals surface area (Å²) in [5.74, 6) is 0. The molecule has 1 rings (SSSR count). The van der Waals surface area contributed by atoms with Crippen LogP contribution in [0.3, 0.4) is 0 Å². The predicted molar refractivity (Wildman–Crippen MR) is 58.9 cm³/mol. The van der Waals surface area contributed by atoms with Gasteiger partial charge in [0.25, 0.3) is 0 Å². The average molecular weight is 192 g/mol. The monoisotopic (exact) mass is 192 g/mol. The van der Waals surface area contributed by atoms with Crippen molar-refractivity contribution >= 4 is 0 Å². The number of hydrogen-bond donors (Lipinski definition) is 0. The standard InChI is InChI=1S/C12H20N2/c1-3-11-5-7-12(8-6-11)14(2)10-4-9-13/h3,12H,4-8,10H2,1-2H3. The highest BCUT2D eigenvalue weighted by molar-refractivity contribution is 5.04. The summed E-state index contributed by atoms with van der Waals surface area (Å²) in [7, 11) is 2.14. The Morgan fingerprint density at radius 2 is 2.14 bits per heavy atom. The molecule has 0 aromatic carbocycles. The van der Waals surface area contributed by atoms with Crippen molar-refractivity contribution in [2.45, 2.75) is 45.1 Å². The second-order valence-electron chi connectivity index (χ2n) is 4.07. The smallest absolute Gasteiger partial charge is 0.0635 e. The first kappa shape index (κ1) is 11.3. The number of nitriles is 1. The average Bonchev–Trinajstić information content (AvgIpc) is 2.26. The molecule has 0 amide bonds. The van der Waals surface area contributed by atoms with Crippen LogP contribution in [-0.2, 0) is 0 Å². The number of rotatable bonds is 3. The van der Waals surface area contributed by atoms with Crippen LogP contribution in [0.2, 0.25) is 0 Å². The number of allylic oxidation sites excluding steroid dienone is 2. The Bertz CT molecular complexity index is 227. The molecule has 0 unspecified atom stereocenters. The van der Waals surface area contributed by atoms with Crippen molar-refractivity contribution in [3.63, 3.8) is 0 Å². The first-order chi connectivity index (χ1) is 6.77. The van der Waals surface area contributed by atoms with Crippen molar-refractivity contribution in [2.75, 3.05) is 13.6 Å². The third-order valence-corrected chi connectivity index (χ3v) is 3.21. The molecule has 0 atom stereocenters. The van der Waals surface area contributed by atoms with Gasteiger partial charge in [0.1, 0.15) is 0 Å². The molecule has 1 saturated carbocycles. The lowest BCUT2D eigenvalue weighted by molar-refractivity contribution is 0.210. The van der Waals surface area contributed by atoms with Crippen LogP contribution in [0.4, 0.5) is 0 Å². The van der Waals surface area contributed by atoms with E-state index in [1.54, 1.807) is 5.57 Å². The maximum Gasteiger partial charge on any atom is 0.0635 e. The first-order valence-corrected chi connectivity index (χ1v) is 5.49. The zero-order valence-electron chi connectivity index (χ0n) is 9.29. The topological polar surface area (TPSA) is 27.0 Å². The SMILES string of the molecule is CC=C1CCC(N(C)CCC#N)CC1. The molecular formula is C12H20N2. The van der Waals surface area contributed by atoms with Crippen molar-refractivity contribution in [1.29, 1.82) is 5.26 Å². The van der Waals surface area contributed by atoms with E-state index in [2.05, 4.69) is 31.0 Å². The molecule has 1 fully saturated rings. The quantitative estimate of drug-likeness (QED) is 0.643. The maximum absolute atomic E-state index is 8.51. The molecular weight excluding hydrogens is 172 g/mol. The van der Waals surface area contributed by atoms with Crippen molar-refractivity contribution in [1.82, 2.24) is 4.90 Å². The molecule has 2 heteroatoms. The first-order valence-electron chi connectivity index (χ1n) is 5.49. The lowest BCUT2D eigenvalue weighted by Gasteiger charge is -2.31. The van der Waals surface area contributed by atoms with Crippen LogP contribution in [0.1, 0.15) is 39.0 Å². The molecule has 0 heterocycles. The Kier molecular flexibility index (Phi) is 4.69. The molecule has 14 heavy (non-hydrogen) atoms. The van der Waals surface area contributed by atoms with E-state index in [-0.39, 0.29) is 0 Å². The van der Waals surface area contributed by atoms with Crippen molar-refractivity contribution in [2.24, 2.45) is 0 Å². The third-order valence-electron chi connectivity index (χ3n) is 3.21. The van der Waals surface area contributed by atoms with Gasteiger partial charge in [0, 0.05) is 19.0 Å². The Labute approximate surface area is 87.2 Å². The largest absolute Gasteiger partial charge is 0.302 e. The summed E-state index contributed by atoms with van der Waals surface area (Å²) in [5.41, 5.74) is 1.61. The predicted octanol–water partition coefficient (Wildman–Crippen LogP) is 2.72. The second kappa shape index (κ2) is 5.82. The van der Waals surface area contributed by atoms with Crippen LogP contribution >= 0.6 is 0 Å². The van der Waals surface area contributed by atoms with Crippen molar-refractivity contribution in [3.05, 3.63) is 11.6 Å². The minimum absolute atomic E-state index is 0.656. The summed E-state index contributed by atoms with van der Waals surface area (Å²) in [4.78, 5) is 2.34. The Balaban J connectivity index is 2.31. The lowest BCUT2D eigenvalue weighted by atomic mass is 9.90. The number of hydrogen-bond acceptors (Lipinski definition) is 2. The lowest BCUT2D eigenvalue weighted by Crippen LogP contribution is -2.34. The van der Waals surface area contributed by atoms with E-state index in [9.17, 15) is 0 Å². The van der Waals surface area contributed by atoms with Crippen LogP contribution in [0.25, 0.3) is 0 Å². The van der Waals surface area contributed by atoms with Gasteiger partial charge in [0.05, 0.1) is 6.07 Å². The van der Waals surface area contributed by atoms with Crippen molar-refractivity contribution < 1.29 is 0 Å². The van der Waals surface area contributed by atoms with Gasteiger partial charge in [-0.05, 0) is 39.7 Å². The van der Waals surface area contributed by atoms with E-state index < -0.39 is 0 Å². The molecule has 0 N–H and O–H groups in total. The molecule has 2 nitrogen and oxygen atoms in total. The zero-order valence-corrected chi connectivity index (χ0v) is 9.29. The molecule has 1 aliphatic carbocycles. The van der Waals surface area contributed by atoms with Gasteiger partial charge < -0.3 is 4.90 Å². The third kappa shape index (κ3) is 3.16. The summed E-state index contributed by atoms with van der Waals surface area (Å²) < 4.78 is 0. The summed E-state index contributed by atoms with van der Waals surface area (Å²) in [6.45, 7) is 3.06. The summed E-state index contributed by atoms with van der Waals surface area (Å²) in [6, 6.07) is 2.91. The molecule has 0 aromatic heterocycles. The van der Waals surface area contributed by atoms with Crippen LogP contribution < -0.4 is 0 Å². The van der Waals surface area contributed by atoms with Crippen LogP contribution in [0, 0.1) is 11.3 Å². The molecule has 0 aliphatic heterocycles. The van der Waals surface area contributed by atoms with E-state index in [1.165, 1.54) is 25.7 Å². The van der Waals surface area contributed by atoms with Gasteiger partial charge in [-0.2, -0.15) is 5.26 Å². The molecule has 0 spiro atoms. The van der Waals surface area contributed by atoms with Gasteiger partial charge >= 0.3 is 0 Å². The van der Waals surface area contributed by atoms with E-state index in [0.717, 1.165) is 6.54 Å². The fraction of sp³-hybridized carbons (Fsp3) is 0.750. The molecule has 0 saturated heterocycles. The van der Waals surface area contributed by atoms with Gasteiger partial charge in [0.15, 0.2) is 0 Å². The highest BCUT2D eigenvalue weighted by Gasteiger charge is 2.19. The minimum Gasteiger partial charge on any atom is -0.302 e. The van der Waals surface area contributed by atoms with Gasteiger partial charge in [-0.15, -0.1) is 0 Å². The number of nitrogens with zero attached hydrogens (tertiary/aromatic N) is 2.